The molecule has 0 bridgehead atoms. The highest BCUT2D eigenvalue weighted by atomic mass is 35.5. The monoisotopic (exact) mass is 342 g/mol. The Hall–Kier alpha value is -1.72. The first-order valence-corrected chi connectivity index (χ1v) is 7.46. The number of benzene rings is 1. The maximum atomic E-state index is 12.4. The number of aliphatic carboxylic acids is 1. The molecule has 1 aromatic carbocycles. The molecule has 2 aromatic rings. The molecule has 3 N–H and O–H groups in total. The molecule has 1 aromatic heterocycles. The minimum Gasteiger partial charge on any atom is -0.481 e. The zero-order valence-corrected chi connectivity index (χ0v) is 13.7. The summed E-state index contributed by atoms with van der Waals surface area (Å²) >= 11 is 12.2. The molecule has 0 unspecified atom stereocenters. The number of hydrogen-bond acceptors (Lipinski definition) is 2. The van der Waals surface area contributed by atoms with Crippen LogP contribution in [0.5, 0.6) is 0 Å². The van der Waals surface area contributed by atoms with E-state index in [2.05, 4.69) is 10.3 Å². The van der Waals surface area contributed by atoms with Crippen LogP contribution < -0.4 is 5.32 Å². The van der Waals surface area contributed by atoms with E-state index >= 15 is 0 Å². The topological polar surface area (TPSA) is 82.2 Å². The molecule has 0 aliphatic heterocycles. The fourth-order valence-corrected chi connectivity index (χ4v) is 2.60. The third-order valence-corrected chi connectivity index (χ3v) is 3.97. The van der Waals surface area contributed by atoms with Crippen molar-refractivity contribution in [3.63, 3.8) is 0 Å². The van der Waals surface area contributed by atoms with Gasteiger partial charge in [0, 0.05) is 27.9 Å². The smallest absolute Gasteiger partial charge is 0.303 e. The Balaban J connectivity index is 2.22. The first-order chi connectivity index (χ1) is 10.2. The number of amides is 1. The Morgan fingerprint density at radius 2 is 2.00 bits per heavy atom. The third-order valence-electron chi connectivity index (χ3n) is 3.34. The summed E-state index contributed by atoms with van der Waals surface area (Å²) in [5.41, 5.74) is 0.290. The van der Waals surface area contributed by atoms with Gasteiger partial charge in [0.25, 0.3) is 5.91 Å². The standard InChI is InChI=1S/C15H16Cl2N2O3/c1-15(2,6-5-11(20)21)19-14(22)13-12(17)9-7-8(16)3-4-10(9)18-13/h3-4,7,18H,5-6H2,1-2H3,(H,19,22)(H,20,21). The van der Waals surface area contributed by atoms with E-state index in [1.54, 1.807) is 32.0 Å². The summed E-state index contributed by atoms with van der Waals surface area (Å²) in [4.78, 5) is 26.0. The highest BCUT2D eigenvalue weighted by molar-refractivity contribution is 6.39. The van der Waals surface area contributed by atoms with E-state index in [4.69, 9.17) is 28.3 Å². The van der Waals surface area contributed by atoms with Crippen LogP contribution in [0.25, 0.3) is 10.9 Å². The quantitative estimate of drug-likeness (QED) is 0.771. The van der Waals surface area contributed by atoms with Crippen LogP contribution in [-0.4, -0.2) is 27.5 Å². The molecular formula is C15H16Cl2N2O3. The lowest BCUT2D eigenvalue weighted by atomic mass is 9.98. The van der Waals surface area contributed by atoms with Gasteiger partial charge in [-0.25, -0.2) is 0 Å². The predicted octanol–water partition coefficient (Wildman–Crippen LogP) is 3.85. The minimum absolute atomic E-state index is 0.0245. The Morgan fingerprint density at radius 3 is 2.64 bits per heavy atom. The van der Waals surface area contributed by atoms with Gasteiger partial charge in [0.1, 0.15) is 5.69 Å². The molecule has 0 aliphatic carbocycles. The number of halogens is 2. The van der Waals surface area contributed by atoms with Gasteiger partial charge in [0.2, 0.25) is 0 Å². The molecule has 0 atom stereocenters. The Morgan fingerprint density at radius 1 is 1.32 bits per heavy atom. The van der Waals surface area contributed by atoms with Crippen LogP contribution in [0.2, 0.25) is 10.0 Å². The van der Waals surface area contributed by atoms with Crippen LogP contribution in [0, 0.1) is 0 Å². The molecule has 0 spiro atoms. The van der Waals surface area contributed by atoms with E-state index in [-0.39, 0.29) is 18.0 Å². The lowest BCUT2D eigenvalue weighted by molar-refractivity contribution is -0.137. The second kappa shape index (κ2) is 6.18. The summed E-state index contributed by atoms with van der Waals surface area (Å²) < 4.78 is 0. The molecule has 2 rings (SSSR count). The van der Waals surface area contributed by atoms with Crippen LogP contribution >= 0.6 is 23.2 Å². The Bertz CT molecular complexity index is 738. The van der Waals surface area contributed by atoms with Crippen molar-refractivity contribution in [2.75, 3.05) is 0 Å². The number of carbonyl (C=O) groups is 2. The molecule has 118 valence electrons. The van der Waals surface area contributed by atoms with Crippen molar-refractivity contribution in [1.82, 2.24) is 10.3 Å². The molecule has 0 fully saturated rings. The van der Waals surface area contributed by atoms with Crippen molar-refractivity contribution < 1.29 is 14.7 Å². The fourth-order valence-electron chi connectivity index (χ4n) is 2.14. The van der Waals surface area contributed by atoms with Crippen molar-refractivity contribution in [2.45, 2.75) is 32.2 Å². The average molecular weight is 343 g/mol. The average Bonchev–Trinajstić information content (AvgIpc) is 2.74. The lowest BCUT2D eigenvalue weighted by Crippen LogP contribution is -2.43. The number of hydrogen-bond donors (Lipinski definition) is 3. The molecular weight excluding hydrogens is 327 g/mol. The number of fused-ring (bicyclic) bond motifs is 1. The van der Waals surface area contributed by atoms with E-state index in [1.165, 1.54) is 0 Å². The largest absolute Gasteiger partial charge is 0.481 e. The summed E-state index contributed by atoms with van der Waals surface area (Å²) in [5, 5.41) is 13.0. The molecule has 0 saturated carbocycles. The number of H-pyrrole nitrogens is 1. The molecule has 1 heterocycles. The van der Waals surface area contributed by atoms with Gasteiger partial charge in [0.05, 0.1) is 5.02 Å². The SMILES string of the molecule is CC(C)(CCC(=O)O)NC(=O)c1[nH]c2ccc(Cl)cc2c1Cl. The van der Waals surface area contributed by atoms with Gasteiger partial charge in [-0.15, -0.1) is 0 Å². The van der Waals surface area contributed by atoms with E-state index in [0.717, 1.165) is 0 Å². The van der Waals surface area contributed by atoms with Gasteiger partial charge >= 0.3 is 5.97 Å². The maximum Gasteiger partial charge on any atom is 0.303 e. The summed E-state index contributed by atoms with van der Waals surface area (Å²) in [6.45, 7) is 3.53. The normalized spacial score (nSPS) is 11.6. The van der Waals surface area contributed by atoms with E-state index < -0.39 is 11.5 Å². The van der Waals surface area contributed by atoms with Crippen molar-refractivity contribution in [3.8, 4) is 0 Å². The number of carboxylic acids is 1. The third kappa shape index (κ3) is 3.72. The van der Waals surface area contributed by atoms with Crippen molar-refractivity contribution >= 4 is 46.0 Å². The second-order valence-corrected chi connectivity index (χ2v) is 6.55. The number of aromatic nitrogens is 1. The fraction of sp³-hybridized carbons (Fsp3) is 0.333. The number of nitrogens with one attached hydrogen (secondary N) is 2. The Labute approximate surface area is 137 Å². The van der Waals surface area contributed by atoms with Crippen molar-refractivity contribution in [2.24, 2.45) is 0 Å². The summed E-state index contributed by atoms with van der Waals surface area (Å²) in [5.74, 6) is -1.28. The van der Waals surface area contributed by atoms with Crippen LogP contribution in [0.15, 0.2) is 18.2 Å². The van der Waals surface area contributed by atoms with Gasteiger partial charge in [-0.3, -0.25) is 9.59 Å². The minimum atomic E-state index is -0.902. The zero-order valence-electron chi connectivity index (χ0n) is 12.2. The number of carboxylic acid groups (broad SMARTS) is 1. The molecule has 1 amide bonds. The summed E-state index contributed by atoms with van der Waals surface area (Å²) in [6.07, 6.45) is 0.293. The van der Waals surface area contributed by atoms with E-state index in [9.17, 15) is 9.59 Å². The lowest BCUT2D eigenvalue weighted by Gasteiger charge is -2.25. The van der Waals surface area contributed by atoms with Crippen LogP contribution in [0.4, 0.5) is 0 Å². The number of rotatable bonds is 5. The molecule has 0 radical (unpaired) electrons. The van der Waals surface area contributed by atoms with Gasteiger partial charge in [-0.2, -0.15) is 0 Å². The molecule has 5 nitrogen and oxygen atoms in total. The predicted molar refractivity (Wildman–Crippen MR) is 86.7 cm³/mol. The second-order valence-electron chi connectivity index (χ2n) is 5.74. The molecule has 0 aliphatic rings. The van der Waals surface area contributed by atoms with Gasteiger partial charge in [-0.1, -0.05) is 23.2 Å². The van der Waals surface area contributed by atoms with Crippen molar-refractivity contribution in [1.29, 1.82) is 0 Å². The van der Waals surface area contributed by atoms with Gasteiger partial charge < -0.3 is 15.4 Å². The molecule has 22 heavy (non-hydrogen) atoms. The van der Waals surface area contributed by atoms with E-state index in [0.29, 0.717) is 27.4 Å². The number of carbonyl (C=O) groups excluding carboxylic acids is 1. The van der Waals surface area contributed by atoms with Crippen LogP contribution in [0.1, 0.15) is 37.2 Å². The zero-order chi connectivity index (χ0) is 16.5. The molecule has 0 saturated heterocycles. The summed E-state index contributed by atoms with van der Waals surface area (Å²) in [7, 11) is 0. The molecule has 7 heteroatoms. The van der Waals surface area contributed by atoms with Crippen molar-refractivity contribution in [3.05, 3.63) is 33.9 Å². The number of aromatic amines is 1. The van der Waals surface area contributed by atoms with Crippen LogP contribution in [0.3, 0.4) is 0 Å². The van der Waals surface area contributed by atoms with Gasteiger partial charge in [0.15, 0.2) is 0 Å². The maximum absolute atomic E-state index is 12.4. The van der Waals surface area contributed by atoms with Crippen LogP contribution in [-0.2, 0) is 4.79 Å². The summed E-state index contributed by atoms with van der Waals surface area (Å²) in [6, 6.07) is 5.13. The van der Waals surface area contributed by atoms with Gasteiger partial charge in [-0.05, 0) is 38.5 Å². The Kier molecular flexibility index (Phi) is 4.68. The highest BCUT2D eigenvalue weighted by Crippen LogP contribution is 2.30. The first kappa shape index (κ1) is 16.6. The first-order valence-electron chi connectivity index (χ1n) is 6.70. The highest BCUT2D eigenvalue weighted by Gasteiger charge is 2.25. The van der Waals surface area contributed by atoms with E-state index in [1.807, 2.05) is 0 Å².